The Morgan fingerprint density at radius 2 is 2.19 bits per heavy atom. The Hall–Kier alpha value is -1.86. The van der Waals surface area contributed by atoms with Crippen LogP contribution in [-0.4, -0.2) is 20.9 Å². The summed E-state index contributed by atoms with van der Waals surface area (Å²) in [4.78, 5) is 23.3. The van der Waals surface area contributed by atoms with Crippen molar-refractivity contribution in [3.05, 3.63) is 34.8 Å². The quantitative estimate of drug-likeness (QED) is 0.814. The predicted molar refractivity (Wildman–Crippen MR) is 60.0 cm³/mol. The zero-order valence-electron chi connectivity index (χ0n) is 8.25. The first kappa shape index (κ1) is 10.7. The van der Waals surface area contributed by atoms with Crippen LogP contribution in [0.25, 0.3) is 0 Å². The van der Waals surface area contributed by atoms with Crippen LogP contribution in [0.3, 0.4) is 0 Å². The van der Waals surface area contributed by atoms with Crippen LogP contribution in [-0.2, 0) is 6.54 Å². The molecule has 0 saturated heterocycles. The molecule has 0 atom stereocenters. The number of hydrogen-bond donors (Lipinski definition) is 2. The predicted octanol–water partition coefficient (Wildman–Crippen LogP) is 0.644. The lowest BCUT2D eigenvalue weighted by atomic mass is 10.4. The number of nitrogens with two attached hydrogens (primary N) is 1. The molecule has 0 fully saturated rings. The number of carbonyl (C=O) groups is 1. The number of anilines is 1. The van der Waals surface area contributed by atoms with E-state index in [1.165, 1.54) is 30.1 Å². The maximum atomic E-state index is 11.7. The Kier molecular flexibility index (Phi) is 3.18. The third-order valence-electron chi connectivity index (χ3n) is 1.78. The van der Waals surface area contributed by atoms with Crippen LogP contribution in [0.2, 0.25) is 0 Å². The minimum absolute atomic E-state index is 0.286. The Morgan fingerprint density at radius 1 is 1.44 bits per heavy atom. The SMILES string of the molecule is NCc1nc(C(=O)Nc2cncnc2)cs1. The van der Waals surface area contributed by atoms with Gasteiger partial charge in [0, 0.05) is 11.9 Å². The van der Waals surface area contributed by atoms with E-state index in [1.54, 1.807) is 5.38 Å². The fraction of sp³-hybridized carbons (Fsp3) is 0.111. The van der Waals surface area contributed by atoms with E-state index in [9.17, 15) is 4.79 Å². The second kappa shape index (κ2) is 4.77. The van der Waals surface area contributed by atoms with Crippen molar-refractivity contribution in [2.75, 3.05) is 5.32 Å². The van der Waals surface area contributed by atoms with E-state index < -0.39 is 0 Å². The van der Waals surface area contributed by atoms with Gasteiger partial charge in [0.2, 0.25) is 0 Å². The van der Waals surface area contributed by atoms with Crippen molar-refractivity contribution in [1.82, 2.24) is 15.0 Å². The van der Waals surface area contributed by atoms with Gasteiger partial charge in [0.05, 0.1) is 18.1 Å². The molecule has 16 heavy (non-hydrogen) atoms. The molecule has 6 nitrogen and oxygen atoms in total. The van der Waals surface area contributed by atoms with Crippen molar-refractivity contribution >= 4 is 22.9 Å². The first-order valence-corrected chi connectivity index (χ1v) is 5.38. The maximum absolute atomic E-state index is 11.7. The average Bonchev–Trinajstić information content (AvgIpc) is 2.79. The van der Waals surface area contributed by atoms with E-state index >= 15 is 0 Å². The molecule has 82 valence electrons. The van der Waals surface area contributed by atoms with Crippen LogP contribution in [0.5, 0.6) is 0 Å². The summed E-state index contributed by atoms with van der Waals surface area (Å²) in [5.41, 5.74) is 6.30. The molecule has 2 rings (SSSR count). The van der Waals surface area contributed by atoms with Crippen molar-refractivity contribution in [3.63, 3.8) is 0 Å². The maximum Gasteiger partial charge on any atom is 0.275 e. The number of thiazole rings is 1. The van der Waals surface area contributed by atoms with Gasteiger partial charge in [-0.15, -0.1) is 11.3 Å². The molecule has 0 aliphatic heterocycles. The van der Waals surface area contributed by atoms with E-state index in [4.69, 9.17) is 5.73 Å². The first-order chi connectivity index (χ1) is 7.79. The topological polar surface area (TPSA) is 93.8 Å². The van der Waals surface area contributed by atoms with Crippen LogP contribution in [0.4, 0.5) is 5.69 Å². The fourth-order valence-corrected chi connectivity index (χ4v) is 1.72. The molecule has 0 unspecified atom stereocenters. The molecule has 2 aromatic heterocycles. The van der Waals surface area contributed by atoms with Gasteiger partial charge in [-0.25, -0.2) is 15.0 Å². The van der Waals surface area contributed by atoms with Crippen LogP contribution in [0, 0.1) is 0 Å². The molecule has 0 aliphatic rings. The number of nitrogens with one attached hydrogen (secondary N) is 1. The van der Waals surface area contributed by atoms with E-state index in [-0.39, 0.29) is 5.91 Å². The standard InChI is InChI=1S/C9H9N5OS/c10-1-8-14-7(4-16-8)9(15)13-6-2-11-5-12-3-6/h2-5H,1,10H2,(H,13,15). The Balaban J connectivity index is 2.09. The van der Waals surface area contributed by atoms with Gasteiger partial charge in [0.15, 0.2) is 0 Å². The highest BCUT2D eigenvalue weighted by Crippen LogP contribution is 2.10. The van der Waals surface area contributed by atoms with Gasteiger partial charge in [-0.05, 0) is 0 Å². The smallest absolute Gasteiger partial charge is 0.275 e. The Morgan fingerprint density at radius 3 is 2.81 bits per heavy atom. The molecule has 1 amide bonds. The minimum atomic E-state index is -0.286. The third kappa shape index (κ3) is 2.38. The molecular formula is C9H9N5OS. The molecule has 0 saturated carbocycles. The molecule has 0 aromatic carbocycles. The average molecular weight is 235 g/mol. The third-order valence-corrected chi connectivity index (χ3v) is 2.65. The normalized spacial score (nSPS) is 10.1. The van der Waals surface area contributed by atoms with Gasteiger partial charge < -0.3 is 11.1 Å². The van der Waals surface area contributed by atoms with Crippen LogP contribution in [0.15, 0.2) is 24.1 Å². The molecule has 3 N–H and O–H groups in total. The molecule has 0 bridgehead atoms. The summed E-state index contributed by atoms with van der Waals surface area (Å²) >= 11 is 1.36. The lowest BCUT2D eigenvalue weighted by Gasteiger charge is -2.00. The lowest BCUT2D eigenvalue weighted by molar-refractivity contribution is 0.102. The van der Waals surface area contributed by atoms with Crippen molar-refractivity contribution in [2.24, 2.45) is 5.73 Å². The van der Waals surface area contributed by atoms with Crippen molar-refractivity contribution in [1.29, 1.82) is 0 Å². The summed E-state index contributed by atoms with van der Waals surface area (Å²) in [7, 11) is 0. The van der Waals surface area contributed by atoms with E-state index in [2.05, 4.69) is 20.3 Å². The Bertz CT molecular complexity index is 484. The second-order valence-electron chi connectivity index (χ2n) is 2.91. The summed E-state index contributed by atoms with van der Waals surface area (Å²) < 4.78 is 0. The van der Waals surface area contributed by atoms with E-state index in [0.717, 1.165) is 5.01 Å². The molecule has 0 radical (unpaired) electrons. The number of carbonyl (C=O) groups excluding carboxylic acids is 1. The van der Waals surface area contributed by atoms with E-state index in [1.807, 2.05) is 0 Å². The molecular weight excluding hydrogens is 226 g/mol. The monoisotopic (exact) mass is 235 g/mol. The summed E-state index contributed by atoms with van der Waals surface area (Å²) in [5, 5.41) is 5.03. The first-order valence-electron chi connectivity index (χ1n) is 4.50. The molecule has 0 spiro atoms. The summed E-state index contributed by atoms with van der Waals surface area (Å²) in [6, 6.07) is 0. The highest BCUT2D eigenvalue weighted by Gasteiger charge is 2.10. The summed E-state index contributed by atoms with van der Waals surface area (Å²) in [5.74, 6) is -0.286. The molecule has 2 aromatic rings. The summed E-state index contributed by atoms with van der Waals surface area (Å²) in [6.45, 7) is 0.340. The van der Waals surface area contributed by atoms with E-state index in [0.29, 0.717) is 17.9 Å². The zero-order chi connectivity index (χ0) is 11.4. The number of hydrogen-bond acceptors (Lipinski definition) is 6. The Labute approximate surface area is 95.6 Å². The van der Waals surface area contributed by atoms with Gasteiger partial charge in [0.25, 0.3) is 5.91 Å². The van der Waals surface area contributed by atoms with Gasteiger partial charge in [0.1, 0.15) is 17.0 Å². The highest BCUT2D eigenvalue weighted by molar-refractivity contribution is 7.09. The lowest BCUT2D eigenvalue weighted by Crippen LogP contribution is -2.13. The number of rotatable bonds is 3. The minimum Gasteiger partial charge on any atom is -0.325 e. The number of amides is 1. The highest BCUT2D eigenvalue weighted by atomic mass is 32.1. The molecule has 2 heterocycles. The van der Waals surface area contributed by atoms with Gasteiger partial charge in [-0.1, -0.05) is 0 Å². The van der Waals surface area contributed by atoms with Gasteiger partial charge in [-0.2, -0.15) is 0 Å². The van der Waals surface area contributed by atoms with Crippen molar-refractivity contribution in [2.45, 2.75) is 6.54 Å². The molecule has 0 aliphatic carbocycles. The van der Waals surface area contributed by atoms with Crippen molar-refractivity contribution in [3.8, 4) is 0 Å². The van der Waals surface area contributed by atoms with Gasteiger partial charge >= 0.3 is 0 Å². The number of aromatic nitrogens is 3. The second-order valence-corrected chi connectivity index (χ2v) is 3.85. The van der Waals surface area contributed by atoms with Crippen LogP contribution >= 0.6 is 11.3 Å². The molecule has 7 heteroatoms. The zero-order valence-corrected chi connectivity index (χ0v) is 9.07. The van der Waals surface area contributed by atoms with Gasteiger partial charge in [-0.3, -0.25) is 4.79 Å². The largest absolute Gasteiger partial charge is 0.325 e. The van der Waals surface area contributed by atoms with Crippen LogP contribution in [0.1, 0.15) is 15.5 Å². The fourth-order valence-electron chi connectivity index (χ4n) is 1.07. The van der Waals surface area contributed by atoms with Crippen molar-refractivity contribution < 1.29 is 4.79 Å². The summed E-state index contributed by atoms with van der Waals surface area (Å²) in [6.07, 6.45) is 4.42. The number of nitrogens with zero attached hydrogens (tertiary/aromatic N) is 3. The van der Waals surface area contributed by atoms with Crippen LogP contribution < -0.4 is 11.1 Å².